The van der Waals surface area contributed by atoms with Gasteiger partial charge in [-0.05, 0) is 35.3 Å². The molecule has 1 aliphatic heterocycles. The third-order valence-electron chi connectivity index (χ3n) is 6.43. The average molecular weight is 506 g/mol. The van der Waals surface area contributed by atoms with Crippen molar-refractivity contribution < 1.29 is 4.79 Å². The Kier molecular flexibility index (Phi) is 5.54. The van der Waals surface area contributed by atoms with Crippen molar-refractivity contribution in [1.82, 2.24) is 20.0 Å². The Bertz CT molecular complexity index is 941. The van der Waals surface area contributed by atoms with Gasteiger partial charge in [-0.1, -0.05) is 24.3 Å². The fourth-order valence-corrected chi connectivity index (χ4v) is 4.98. The lowest BCUT2D eigenvalue weighted by Crippen LogP contribution is -2.55. The van der Waals surface area contributed by atoms with Gasteiger partial charge in [0.2, 0.25) is 5.91 Å². The van der Waals surface area contributed by atoms with E-state index in [2.05, 4.69) is 44.6 Å². The van der Waals surface area contributed by atoms with Crippen molar-refractivity contribution in [3.8, 4) is 0 Å². The molecule has 154 valence electrons. The van der Waals surface area contributed by atoms with Gasteiger partial charge >= 0.3 is 0 Å². The third-order valence-corrected chi connectivity index (χ3v) is 6.43. The van der Waals surface area contributed by atoms with Crippen molar-refractivity contribution >= 4 is 41.5 Å². The Morgan fingerprint density at radius 3 is 2.86 bits per heavy atom. The zero-order valence-corrected chi connectivity index (χ0v) is 19.1. The molecule has 2 fully saturated rings. The number of halogens is 1. The molecule has 1 N–H and O–H groups in total. The van der Waals surface area contributed by atoms with Gasteiger partial charge in [0.1, 0.15) is 6.54 Å². The Morgan fingerprint density at radius 1 is 1.31 bits per heavy atom. The summed E-state index contributed by atoms with van der Waals surface area (Å²) >= 11 is 0. The summed E-state index contributed by atoms with van der Waals surface area (Å²) in [6, 6.07) is 8.83. The Labute approximate surface area is 188 Å². The van der Waals surface area contributed by atoms with Gasteiger partial charge in [0.25, 0.3) is 0 Å². The minimum absolute atomic E-state index is 0. The smallest absolute Gasteiger partial charge is 0.246 e. The number of amides is 1. The molecule has 3 atom stereocenters. The van der Waals surface area contributed by atoms with Gasteiger partial charge < -0.3 is 15.1 Å². The number of hydrogen-bond donors (Lipinski definition) is 1. The lowest BCUT2D eigenvalue weighted by molar-refractivity contribution is -0.120. The van der Waals surface area contributed by atoms with Gasteiger partial charge in [-0.2, -0.15) is 5.10 Å². The van der Waals surface area contributed by atoms with Crippen LogP contribution in [0.5, 0.6) is 0 Å². The summed E-state index contributed by atoms with van der Waals surface area (Å²) in [5.74, 6) is 3.06. The maximum Gasteiger partial charge on any atom is 0.246 e. The number of benzene rings is 1. The van der Waals surface area contributed by atoms with Crippen LogP contribution in [0, 0.1) is 11.8 Å². The van der Waals surface area contributed by atoms with E-state index in [1.54, 1.807) is 22.8 Å². The van der Waals surface area contributed by atoms with Gasteiger partial charge in [-0.25, -0.2) is 0 Å². The van der Waals surface area contributed by atoms with Crippen LogP contribution in [0.4, 0.5) is 5.69 Å². The second-order valence-electron chi connectivity index (χ2n) is 8.02. The van der Waals surface area contributed by atoms with Crippen LogP contribution in [0.25, 0.3) is 0 Å². The van der Waals surface area contributed by atoms with Crippen LogP contribution < -0.4 is 10.2 Å². The van der Waals surface area contributed by atoms with E-state index in [4.69, 9.17) is 0 Å². The fourth-order valence-electron chi connectivity index (χ4n) is 4.98. The van der Waals surface area contributed by atoms with Crippen molar-refractivity contribution in [2.24, 2.45) is 23.9 Å². The summed E-state index contributed by atoms with van der Waals surface area (Å²) in [6.45, 7) is 2.68. The molecule has 29 heavy (non-hydrogen) atoms. The predicted molar refractivity (Wildman–Crippen MR) is 124 cm³/mol. The highest BCUT2D eigenvalue weighted by Gasteiger charge is 2.55. The monoisotopic (exact) mass is 506 g/mol. The molecule has 1 saturated carbocycles. The molecule has 0 bridgehead atoms. The molecule has 1 saturated heterocycles. The second kappa shape index (κ2) is 7.97. The zero-order chi connectivity index (χ0) is 19.3. The Morgan fingerprint density at radius 2 is 2.14 bits per heavy atom. The number of aromatic nitrogens is 2. The first-order chi connectivity index (χ1) is 13.7. The number of aryl methyl sites for hydroxylation is 1. The van der Waals surface area contributed by atoms with Gasteiger partial charge in [0.05, 0.1) is 11.9 Å². The second-order valence-corrected chi connectivity index (χ2v) is 8.02. The van der Waals surface area contributed by atoms with Crippen molar-refractivity contribution in [1.29, 1.82) is 0 Å². The van der Waals surface area contributed by atoms with Crippen LogP contribution >= 0.6 is 24.0 Å². The number of guanidine groups is 1. The minimum Gasteiger partial charge on any atom is -0.356 e. The van der Waals surface area contributed by atoms with Crippen molar-refractivity contribution in [3.63, 3.8) is 0 Å². The number of nitrogens with one attached hydrogen (secondary N) is 1. The van der Waals surface area contributed by atoms with Crippen molar-refractivity contribution in [2.45, 2.75) is 12.3 Å². The highest BCUT2D eigenvalue weighted by Crippen LogP contribution is 2.60. The standard InChI is InChI=1S/C21H26N6O.HI/c1-22-21(23-11-18-17-9-14-5-3-4-6-16(14)20(17)18)26-7-8-27(19(28)13-26)15-10-24-25(2)12-15;/h3-6,10,12,17-18,20H,7-9,11,13H2,1-2H3,(H,22,23);1H. The first kappa shape index (κ1) is 20.2. The molecular formula is C21H27IN6O. The molecule has 8 heteroatoms. The van der Waals surface area contributed by atoms with Gasteiger partial charge in [0, 0.05) is 39.9 Å². The normalized spacial score (nSPS) is 25.4. The van der Waals surface area contributed by atoms with E-state index in [0.717, 1.165) is 30.7 Å². The number of carbonyl (C=O) groups excluding carboxylic acids is 1. The van der Waals surface area contributed by atoms with E-state index in [1.807, 2.05) is 13.2 Å². The molecular weight excluding hydrogens is 479 g/mol. The SMILES string of the molecule is CN=C(NCC1C2Cc3ccccc3C12)N1CCN(c2cnn(C)c2)C(=O)C1.I. The van der Waals surface area contributed by atoms with E-state index in [-0.39, 0.29) is 29.9 Å². The summed E-state index contributed by atoms with van der Waals surface area (Å²) in [5.41, 5.74) is 3.92. The third kappa shape index (κ3) is 3.62. The summed E-state index contributed by atoms with van der Waals surface area (Å²) in [7, 11) is 3.66. The molecule has 1 aromatic heterocycles. The number of rotatable bonds is 3. The predicted octanol–water partition coefficient (Wildman–Crippen LogP) is 1.85. The Balaban J connectivity index is 0.00000205. The molecule has 1 amide bonds. The summed E-state index contributed by atoms with van der Waals surface area (Å²) in [6.07, 6.45) is 4.82. The lowest BCUT2D eigenvalue weighted by Gasteiger charge is -2.35. The fraction of sp³-hybridized carbons (Fsp3) is 0.476. The largest absolute Gasteiger partial charge is 0.356 e. The van der Waals surface area contributed by atoms with E-state index >= 15 is 0 Å². The van der Waals surface area contributed by atoms with E-state index < -0.39 is 0 Å². The number of piperazine rings is 1. The van der Waals surface area contributed by atoms with Crippen molar-refractivity contribution in [2.75, 3.05) is 38.1 Å². The highest BCUT2D eigenvalue weighted by molar-refractivity contribution is 14.0. The molecule has 0 spiro atoms. The molecule has 5 rings (SSSR count). The molecule has 0 radical (unpaired) electrons. The number of nitrogens with zero attached hydrogens (tertiary/aromatic N) is 5. The van der Waals surface area contributed by atoms with Gasteiger partial charge in [0.15, 0.2) is 5.96 Å². The van der Waals surface area contributed by atoms with Crippen LogP contribution in [0.15, 0.2) is 41.7 Å². The average Bonchev–Trinajstić information content (AvgIpc) is 3.01. The first-order valence-corrected chi connectivity index (χ1v) is 9.98. The molecule has 3 unspecified atom stereocenters. The number of fused-ring (bicyclic) bond motifs is 3. The number of carbonyl (C=O) groups is 1. The van der Waals surface area contributed by atoms with Gasteiger partial charge in [-0.15, -0.1) is 24.0 Å². The highest BCUT2D eigenvalue weighted by atomic mass is 127. The lowest BCUT2D eigenvalue weighted by atomic mass is 10.0. The molecule has 2 aliphatic carbocycles. The zero-order valence-electron chi connectivity index (χ0n) is 16.8. The topological polar surface area (TPSA) is 65.8 Å². The van der Waals surface area contributed by atoms with Crippen LogP contribution in [0.2, 0.25) is 0 Å². The van der Waals surface area contributed by atoms with Crippen LogP contribution in [0.1, 0.15) is 17.0 Å². The quantitative estimate of drug-likeness (QED) is 0.392. The van der Waals surface area contributed by atoms with Crippen LogP contribution in [0.3, 0.4) is 0 Å². The van der Waals surface area contributed by atoms with Gasteiger partial charge in [-0.3, -0.25) is 14.5 Å². The van der Waals surface area contributed by atoms with Crippen LogP contribution in [-0.4, -0.2) is 59.8 Å². The maximum atomic E-state index is 12.6. The minimum atomic E-state index is 0. The number of hydrogen-bond acceptors (Lipinski definition) is 3. The molecule has 7 nitrogen and oxygen atoms in total. The molecule has 2 aromatic rings. The summed E-state index contributed by atoms with van der Waals surface area (Å²) in [5, 5.41) is 7.70. The van der Waals surface area contributed by atoms with E-state index in [1.165, 1.54) is 17.5 Å². The van der Waals surface area contributed by atoms with E-state index in [9.17, 15) is 4.79 Å². The summed E-state index contributed by atoms with van der Waals surface area (Å²) in [4.78, 5) is 20.9. The summed E-state index contributed by atoms with van der Waals surface area (Å²) < 4.78 is 1.72. The molecule has 2 heterocycles. The number of anilines is 1. The number of aliphatic imine (C=N–C) groups is 1. The molecule has 1 aromatic carbocycles. The van der Waals surface area contributed by atoms with E-state index in [0.29, 0.717) is 24.9 Å². The Hall–Kier alpha value is -2.10. The van der Waals surface area contributed by atoms with Crippen molar-refractivity contribution in [3.05, 3.63) is 47.8 Å². The molecule has 3 aliphatic rings. The maximum absolute atomic E-state index is 12.6. The van der Waals surface area contributed by atoms with Crippen LogP contribution in [-0.2, 0) is 18.3 Å². The first-order valence-electron chi connectivity index (χ1n) is 9.98.